The Kier molecular flexibility index (Phi) is 5.71. The van der Waals surface area contributed by atoms with Crippen molar-refractivity contribution in [2.45, 2.75) is 38.9 Å². The minimum Gasteiger partial charge on any atom is -0.493 e. The monoisotopic (exact) mass is 463 g/mol. The first-order valence-corrected chi connectivity index (χ1v) is 12.4. The van der Waals surface area contributed by atoms with E-state index in [0.717, 1.165) is 66.5 Å². The summed E-state index contributed by atoms with van der Waals surface area (Å²) in [6.45, 7) is 5.04. The molecule has 3 heterocycles. The molecule has 5 nitrogen and oxygen atoms in total. The lowest BCUT2D eigenvalue weighted by molar-refractivity contribution is 0.239. The van der Waals surface area contributed by atoms with Crippen LogP contribution in [-0.4, -0.2) is 27.6 Å². The van der Waals surface area contributed by atoms with E-state index in [2.05, 4.69) is 47.4 Å². The van der Waals surface area contributed by atoms with Crippen LogP contribution in [0, 0.1) is 6.92 Å². The zero-order valence-corrected chi connectivity index (χ0v) is 20.0. The Hall–Kier alpha value is -3.70. The summed E-state index contributed by atoms with van der Waals surface area (Å²) in [5.41, 5.74) is 6.61. The van der Waals surface area contributed by atoms with Gasteiger partial charge in [0.05, 0.1) is 23.9 Å². The average Bonchev–Trinajstić information content (AvgIpc) is 3.38. The molecule has 1 aromatic heterocycles. The molecular weight excluding hydrogens is 434 g/mol. The van der Waals surface area contributed by atoms with E-state index in [1.807, 2.05) is 47.9 Å². The Morgan fingerprint density at radius 3 is 2.31 bits per heavy atom. The maximum Gasteiger partial charge on any atom is 0.259 e. The lowest BCUT2D eigenvalue weighted by Gasteiger charge is -2.31. The highest BCUT2D eigenvalue weighted by Crippen LogP contribution is 2.31. The summed E-state index contributed by atoms with van der Waals surface area (Å²) in [6.07, 6.45) is 1.75. The molecule has 5 heteroatoms. The van der Waals surface area contributed by atoms with E-state index in [-0.39, 0.29) is 11.6 Å². The zero-order valence-electron chi connectivity index (χ0n) is 20.0. The van der Waals surface area contributed by atoms with E-state index in [9.17, 15) is 4.79 Å². The molecule has 0 amide bonds. The maximum absolute atomic E-state index is 14.1. The highest BCUT2D eigenvalue weighted by atomic mass is 16.5. The fraction of sp³-hybridized carbons (Fsp3) is 0.267. The lowest BCUT2D eigenvalue weighted by Crippen LogP contribution is -2.40. The molecule has 0 aliphatic carbocycles. The fourth-order valence-electron chi connectivity index (χ4n) is 5.55. The van der Waals surface area contributed by atoms with Gasteiger partial charge in [0.25, 0.3) is 5.56 Å². The van der Waals surface area contributed by atoms with Gasteiger partial charge < -0.3 is 4.74 Å². The number of benzene rings is 3. The van der Waals surface area contributed by atoms with E-state index in [1.54, 1.807) is 0 Å². The van der Waals surface area contributed by atoms with Gasteiger partial charge in [0.15, 0.2) is 0 Å². The minimum atomic E-state index is -0.215. The highest BCUT2D eigenvalue weighted by molar-refractivity contribution is 5.43. The second-order valence-corrected chi connectivity index (χ2v) is 9.44. The van der Waals surface area contributed by atoms with Crippen molar-refractivity contribution >= 4 is 0 Å². The summed E-state index contributed by atoms with van der Waals surface area (Å²) in [6, 6.07) is 26.6. The Bertz CT molecular complexity index is 1370. The van der Waals surface area contributed by atoms with Crippen LogP contribution in [0.5, 0.6) is 5.75 Å². The van der Waals surface area contributed by atoms with Gasteiger partial charge >= 0.3 is 0 Å². The molecule has 0 atom stereocenters. The van der Waals surface area contributed by atoms with E-state index in [0.29, 0.717) is 6.54 Å². The highest BCUT2D eigenvalue weighted by Gasteiger charge is 2.27. The van der Waals surface area contributed by atoms with Crippen LogP contribution < -0.4 is 10.3 Å². The molecule has 0 bridgehead atoms. The molecule has 3 aromatic carbocycles. The van der Waals surface area contributed by atoms with Crippen LogP contribution in [0.1, 0.15) is 45.4 Å². The van der Waals surface area contributed by atoms with Crippen molar-refractivity contribution < 1.29 is 4.74 Å². The molecular formula is C30H29N3O2. The van der Waals surface area contributed by atoms with Gasteiger partial charge in [0.1, 0.15) is 11.6 Å². The Morgan fingerprint density at radius 2 is 1.60 bits per heavy atom. The van der Waals surface area contributed by atoms with Gasteiger partial charge in [-0.2, -0.15) is 0 Å². The number of nitrogens with zero attached hydrogens (tertiary/aromatic N) is 3. The van der Waals surface area contributed by atoms with Gasteiger partial charge in [-0.25, -0.2) is 4.98 Å². The molecule has 2 aliphatic rings. The first-order valence-electron chi connectivity index (χ1n) is 12.4. The molecule has 0 saturated carbocycles. The van der Waals surface area contributed by atoms with E-state index in [1.165, 1.54) is 11.1 Å². The first kappa shape index (κ1) is 21.8. The summed E-state index contributed by atoms with van der Waals surface area (Å²) in [4.78, 5) is 21.4. The topological polar surface area (TPSA) is 47.4 Å². The van der Waals surface area contributed by atoms with Gasteiger partial charge in [-0.1, -0.05) is 72.8 Å². The number of aryl methyl sites for hydroxylation is 1. The number of hydrogen-bond acceptors (Lipinski definition) is 4. The van der Waals surface area contributed by atoms with Crippen molar-refractivity contribution in [3.63, 3.8) is 0 Å². The second-order valence-electron chi connectivity index (χ2n) is 9.44. The quantitative estimate of drug-likeness (QED) is 0.431. The SMILES string of the molecule is Cc1nc2c(c(=O)n1C(c1ccccc1)c1ccccc1)CN(Cc1cccc3c1CCO3)CC2. The van der Waals surface area contributed by atoms with Crippen molar-refractivity contribution in [1.82, 2.24) is 14.5 Å². The molecule has 0 fully saturated rings. The van der Waals surface area contributed by atoms with Crippen molar-refractivity contribution in [2.24, 2.45) is 0 Å². The number of ether oxygens (including phenoxy) is 1. The Morgan fingerprint density at radius 1 is 0.886 bits per heavy atom. The molecule has 176 valence electrons. The molecule has 4 aromatic rings. The molecule has 0 N–H and O–H groups in total. The summed E-state index contributed by atoms with van der Waals surface area (Å²) in [5.74, 6) is 1.77. The molecule has 0 spiro atoms. The Balaban J connectivity index is 1.39. The molecule has 2 aliphatic heterocycles. The van der Waals surface area contributed by atoms with Crippen LogP contribution in [0.25, 0.3) is 0 Å². The fourth-order valence-corrected chi connectivity index (χ4v) is 5.55. The van der Waals surface area contributed by atoms with Crippen LogP contribution >= 0.6 is 0 Å². The third-order valence-corrected chi connectivity index (χ3v) is 7.24. The minimum absolute atomic E-state index is 0.0662. The predicted octanol–water partition coefficient (Wildman–Crippen LogP) is 4.68. The maximum atomic E-state index is 14.1. The smallest absolute Gasteiger partial charge is 0.259 e. The van der Waals surface area contributed by atoms with Crippen LogP contribution in [0.2, 0.25) is 0 Å². The summed E-state index contributed by atoms with van der Waals surface area (Å²) >= 11 is 0. The van der Waals surface area contributed by atoms with Gasteiger partial charge in [-0.05, 0) is 29.7 Å². The molecule has 0 unspecified atom stereocenters. The average molecular weight is 464 g/mol. The standard InChI is InChI=1S/C30H29N3O2/c1-21-31-27-15-17-32(19-24-13-8-14-28-25(24)16-18-35-28)20-26(27)30(34)33(21)29(22-9-4-2-5-10-22)23-11-6-3-7-12-23/h2-14,29H,15-20H2,1H3. The third-order valence-electron chi connectivity index (χ3n) is 7.24. The van der Waals surface area contributed by atoms with Gasteiger partial charge in [-0.3, -0.25) is 14.3 Å². The summed E-state index contributed by atoms with van der Waals surface area (Å²) in [5, 5.41) is 0. The normalized spacial score (nSPS) is 15.0. The summed E-state index contributed by atoms with van der Waals surface area (Å²) in [7, 11) is 0. The second kappa shape index (κ2) is 9.16. The van der Waals surface area contributed by atoms with E-state index in [4.69, 9.17) is 9.72 Å². The van der Waals surface area contributed by atoms with Crippen LogP contribution in [-0.2, 0) is 25.9 Å². The van der Waals surface area contributed by atoms with E-state index < -0.39 is 0 Å². The van der Waals surface area contributed by atoms with Gasteiger partial charge in [0, 0.05) is 38.0 Å². The third kappa shape index (κ3) is 4.06. The molecule has 0 saturated heterocycles. The van der Waals surface area contributed by atoms with Crippen molar-refractivity contribution in [1.29, 1.82) is 0 Å². The van der Waals surface area contributed by atoms with Gasteiger partial charge in [0.2, 0.25) is 0 Å². The first-order chi connectivity index (χ1) is 17.2. The largest absolute Gasteiger partial charge is 0.493 e. The summed E-state index contributed by atoms with van der Waals surface area (Å²) < 4.78 is 7.65. The molecule has 6 rings (SSSR count). The number of aromatic nitrogens is 2. The number of hydrogen-bond donors (Lipinski definition) is 0. The number of fused-ring (bicyclic) bond motifs is 2. The lowest BCUT2D eigenvalue weighted by atomic mass is 9.97. The predicted molar refractivity (Wildman–Crippen MR) is 137 cm³/mol. The molecule has 35 heavy (non-hydrogen) atoms. The number of rotatable bonds is 5. The van der Waals surface area contributed by atoms with E-state index >= 15 is 0 Å². The van der Waals surface area contributed by atoms with Crippen LogP contribution in [0.4, 0.5) is 0 Å². The van der Waals surface area contributed by atoms with Crippen molar-refractivity contribution in [2.75, 3.05) is 13.2 Å². The van der Waals surface area contributed by atoms with Crippen LogP contribution in [0.15, 0.2) is 83.7 Å². The van der Waals surface area contributed by atoms with Crippen molar-refractivity contribution in [3.05, 3.63) is 129 Å². The van der Waals surface area contributed by atoms with Gasteiger partial charge in [-0.15, -0.1) is 0 Å². The zero-order chi connectivity index (χ0) is 23.8. The Labute approximate surface area is 205 Å². The van der Waals surface area contributed by atoms with Crippen molar-refractivity contribution in [3.8, 4) is 5.75 Å². The van der Waals surface area contributed by atoms with Crippen LogP contribution in [0.3, 0.4) is 0 Å². The molecule has 0 radical (unpaired) electrons.